The number of amides is 1. The summed E-state index contributed by atoms with van der Waals surface area (Å²) in [6.45, 7) is 5.31. The largest absolute Gasteiger partial charge is 0.480 e. The molecule has 0 atom stereocenters. The molecule has 1 amide bonds. The Morgan fingerprint density at radius 2 is 2.08 bits per heavy atom. The molecule has 8 nitrogen and oxygen atoms in total. The van der Waals surface area contributed by atoms with E-state index >= 15 is 0 Å². The molecule has 134 valence electrons. The predicted molar refractivity (Wildman–Crippen MR) is 92.2 cm³/mol. The van der Waals surface area contributed by atoms with Crippen LogP contribution in [0.4, 0.5) is 5.00 Å². The van der Waals surface area contributed by atoms with E-state index in [4.69, 9.17) is 9.84 Å². The fraction of sp³-hybridized carbons (Fsp3) is 0.375. The third-order valence-corrected chi connectivity index (χ3v) is 4.57. The van der Waals surface area contributed by atoms with Crippen LogP contribution >= 0.6 is 11.3 Å². The van der Waals surface area contributed by atoms with E-state index in [1.165, 1.54) is 23.6 Å². The molecule has 0 bridgehead atoms. The SMILES string of the molecule is CCOC(=O)c1c(NC(=O)c2ccnn2CC(=O)O)sc(C)c1CC. The first-order valence-electron chi connectivity index (χ1n) is 7.73. The Bertz CT molecular complexity index is 809. The molecule has 2 N–H and O–H groups in total. The number of hydrogen-bond donors (Lipinski definition) is 2. The number of ether oxygens (including phenoxy) is 1. The standard InChI is InChI=1S/C16H19N3O5S/c1-4-10-9(3)25-15(13(10)16(23)24-5-2)18-14(22)11-6-7-17-19(11)8-12(20)21/h6-7H,4-5,8H2,1-3H3,(H,18,22)(H,20,21). The molecule has 2 heterocycles. The van der Waals surface area contributed by atoms with E-state index in [-0.39, 0.29) is 12.3 Å². The van der Waals surface area contributed by atoms with E-state index in [2.05, 4.69) is 10.4 Å². The Balaban J connectivity index is 2.34. The highest BCUT2D eigenvalue weighted by molar-refractivity contribution is 7.16. The Kier molecular flexibility index (Phi) is 5.92. The first-order valence-corrected chi connectivity index (χ1v) is 8.54. The van der Waals surface area contributed by atoms with Gasteiger partial charge in [-0.15, -0.1) is 11.3 Å². The van der Waals surface area contributed by atoms with Gasteiger partial charge in [0.2, 0.25) is 0 Å². The number of thiophene rings is 1. The lowest BCUT2D eigenvalue weighted by atomic mass is 10.1. The molecule has 0 spiro atoms. The van der Waals surface area contributed by atoms with E-state index in [1.54, 1.807) is 6.92 Å². The van der Waals surface area contributed by atoms with Gasteiger partial charge in [-0.1, -0.05) is 6.92 Å². The first kappa shape index (κ1) is 18.7. The number of rotatable bonds is 7. The second-order valence-electron chi connectivity index (χ2n) is 5.14. The minimum Gasteiger partial charge on any atom is -0.480 e. The first-order chi connectivity index (χ1) is 11.9. The van der Waals surface area contributed by atoms with Crippen LogP contribution in [0.15, 0.2) is 12.3 Å². The molecule has 0 fully saturated rings. The minimum atomic E-state index is -1.11. The van der Waals surface area contributed by atoms with E-state index in [9.17, 15) is 14.4 Å². The molecular weight excluding hydrogens is 346 g/mol. The Morgan fingerprint density at radius 1 is 1.36 bits per heavy atom. The van der Waals surface area contributed by atoms with Gasteiger partial charge in [0.05, 0.1) is 12.2 Å². The minimum absolute atomic E-state index is 0.0984. The number of aryl methyl sites for hydroxylation is 1. The summed E-state index contributed by atoms with van der Waals surface area (Å²) in [6.07, 6.45) is 1.98. The van der Waals surface area contributed by atoms with Gasteiger partial charge < -0.3 is 15.2 Å². The second-order valence-corrected chi connectivity index (χ2v) is 6.36. The van der Waals surface area contributed by atoms with E-state index in [0.717, 1.165) is 15.1 Å². The molecule has 0 saturated heterocycles. The van der Waals surface area contributed by atoms with Gasteiger partial charge in [0.25, 0.3) is 5.91 Å². The van der Waals surface area contributed by atoms with Crippen LogP contribution in [0.5, 0.6) is 0 Å². The fourth-order valence-electron chi connectivity index (χ4n) is 2.46. The molecule has 0 aliphatic heterocycles. The summed E-state index contributed by atoms with van der Waals surface area (Å²) in [5.74, 6) is -2.13. The smallest absolute Gasteiger partial charge is 0.341 e. The van der Waals surface area contributed by atoms with Gasteiger partial charge in [-0.05, 0) is 31.9 Å². The Labute approximate surface area is 148 Å². The molecule has 0 aliphatic carbocycles. The number of anilines is 1. The number of carbonyl (C=O) groups excluding carboxylic acids is 2. The van der Waals surface area contributed by atoms with Gasteiger partial charge in [-0.25, -0.2) is 9.48 Å². The predicted octanol–water partition coefficient (Wildman–Crippen LogP) is 2.33. The fourth-order valence-corrected chi connectivity index (χ4v) is 3.59. The number of carboxylic acids is 1. The van der Waals surface area contributed by atoms with Crippen LogP contribution in [0, 0.1) is 6.92 Å². The van der Waals surface area contributed by atoms with Crippen LogP contribution < -0.4 is 5.32 Å². The molecule has 0 aromatic carbocycles. The maximum Gasteiger partial charge on any atom is 0.341 e. The van der Waals surface area contributed by atoms with Crippen molar-refractivity contribution < 1.29 is 24.2 Å². The van der Waals surface area contributed by atoms with Gasteiger partial charge in [0.15, 0.2) is 0 Å². The summed E-state index contributed by atoms with van der Waals surface area (Å²) in [7, 11) is 0. The summed E-state index contributed by atoms with van der Waals surface area (Å²) in [4.78, 5) is 36.6. The van der Waals surface area contributed by atoms with Crippen molar-refractivity contribution in [3.05, 3.63) is 34.0 Å². The van der Waals surface area contributed by atoms with Crippen LogP contribution in [0.3, 0.4) is 0 Å². The second kappa shape index (κ2) is 7.93. The number of aliphatic carboxylic acids is 1. The number of nitrogens with one attached hydrogen (secondary N) is 1. The lowest BCUT2D eigenvalue weighted by Gasteiger charge is -2.08. The summed E-state index contributed by atoms with van der Waals surface area (Å²) < 4.78 is 6.18. The van der Waals surface area contributed by atoms with Crippen molar-refractivity contribution in [3.8, 4) is 0 Å². The van der Waals surface area contributed by atoms with Crippen molar-refractivity contribution in [2.75, 3.05) is 11.9 Å². The summed E-state index contributed by atoms with van der Waals surface area (Å²) in [5.41, 5.74) is 1.28. The summed E-state index contributed by atoms with van der Waals surface area (Å²) >= 11 is 1.29. The number of hydrogen-bond acceptors (Lipinski definition) is 6. The molecule has 0 aliphatic rings. The zero-order valence-corrected chi connectivity index (χ0v) is 15.0. The van der Waals surface area contributed by atoms with Crippen LogP contribution in [0.1, 0.15) is 45.1 Å². The molecular formula is C16H19N3O5S. The molecule has 0 radical (unpaired) electrons. The van der Waals surface area contributed by atoms with Crippen LogP contribution in [-0.4, -0.2) is 39.3 Å². The average molecular weight is 365 g/mol. The van der Waals surface area contributed by atoms with Gasteiger partial charge in [-0.2, -0.15) is 5.10 Å². The summed E-state index contributed by atoms with van der Waals surface area (Å²) in [6, 6.07) is 1.42. The lowest BCUT2D eigenvalue weighted by Crippen LogP contribution is -2.21. The molecule has 2 aromatic rings. The van der Waals surface area contributed by atoms with Gasteiger partial charge in [0.1, 0.15) is 17.2 Å². The van der Waals surface area contributed by atoms with Crippen molar-refractivity contribution in [1.82, 2.24) is 9.78 Å². The van der Waals surface area contributed by atoms with Crippen molar-refractivity contribution in [1.29, 1.82) is 0 Å². The van der Waals surface area contributed by atoms with Crippen LogP contribution in [0.25, 0.3) is 0 Å². The highest BCUT2D eigenvalue weighted by atomic mass is 32.1. The van der Waals surface area contributed by atoms with Gasteiger partial charge in [0, 0.05) is 11.1 Å². The normalized spacial score (nSPS) is 10.5. The quantitative estimate of drug-likeness (QED) is 0.729. The average Bonchev–Trinajstić information content (AvgIpc) is 3.10. The van der Waals surface area contributed by atoms with Crippen molar-refractivity contribution >= 4 is 34.2 Å². The molecule has 0 saturated carbocycles. The third kappa shape index (κ3) is 4.05. The zero-order chi connectivity index (χ0) is 18.6. The number of esters is 1. The zero-order valence-electron chi connectivity index (χ0n) is 14.2. The lowest BCUT2D eigenvalue weighted by molar-refractivity contribution is -0.137. The highest BCUT2D eigenvalue weighted by Gasteiger charge is 2.24. The highest BCUT2D eigenvalue weighted by Crippen LogP contribution is 2.34. The number of aromatic nitrogens is 2. The monoisotopic (exact) mass is 365 g/mol. The molecule has 9 heteroatoms. The molecule has 2 rings (SSSR count). The van der Waals surface area contributed by atoms with Crippen LogP contribution in [-0.2, 0) is 22.5 Å². The van der Waals surface area contributed by atoms with Crippen LogP contribution in [0.2, 0.25) is 0 Å². The Hall–Kier alpha value is -2.68. The maximum atomic E-state index is 12.5. The molecule has 25 heavy (non-hydrogen) atoms. The van der Waals surface area contributed by atoms with Crippen molar-refractivity contribution in [2.24, 2.45) is 0 Å². The number of carbonyl (C=O) groups is 3. The van der Waals surface area contributed by atoms with Crippen molar-refractivity contribution in [3.63, 3.8) is 0 Å². The van der Waals surface area contributed by atoms with E-state index in [1.807, 2.05) is 13.8 Å². The summed E-state index contributed by atoms with van der Waals surface area (Å²) in [5, 5.41) is 15.8. The topological polar surface area (TPSA) is 111 Å². The van der Waals surface area contributed by atoms with Gasteiger partial charge in [-0.3, -0.25) is 9.59 Å². The number of carboxylic acid groups (broad SMARTS) is 1. The third-order valence-electron chi connectivity index (χ3n) is 3.50. The molecule has 0 unspecified atom stereocenters. The number of nitrogens with zero attached hydrogens (tertiary/aromatic N) is 2. The molecule has 2 aromatic heterocycles. The Morgan fingerprint density at radius 3 is 2.68 bits per heavy atom. The maximum absolute atomic E-state index is 12.5. The van der Waals surface area contributed by atoms with E-state index < -0.39 is 24.4 Å². The van der Waals surface area contributed by atoms with Crippen molar-refractivity contribution in [2.45, 2.75) is 33.7 Å². The van der Waals surface area contributed by atoms with E-state index in [0.29, 0.717) is 17.0 Å². The van der Waals surface area contributed by atoms with Gasteiger partial charge >= 0.3 is 11.9 Å².